The quantitative estimate of drug-likeness (QED) is 0.886. The lowest BCUT2D eigenvalue weighted by molar-refractivity contribution is -0.148. The number of thiazole rings is 1. The normalized spacial score (nSPS) is 17.4. The first-order chi connectivity index (χ1) is 8.94. The van der Waals surface area contributed by atoms with Crippen LogP contribution >= 0.6 is 11.3 Å². The molecule has 2 rings (SSSR count). The number of carbonyl (C=O) groups is 2. The Balaban J connectivity index is 2.04. The molecule has 1 fully saturated rings. The Kier molecular flexibility index (Phi) is 3.89. The van der Waals surface area contributed by atoms with Gasteiger partial charge in [0, 0.05) is 6.54 Å². The second-order valence-corrected chi connectivity index (χ2v) is 6.33. The van der Waals surface area contributed by atoms with Crippen molar-refractivity contribution in [1.29, 1.82) is 0 Å². The number of rotatable bonds is 4. The van der Waals surface area contributed by atoms with Gasteiger partial charge < -0.3 is 10.4 Å². The average molecular weight is 282 g/mol. The zero-order valence-corrected chi connectivity index (χ0v) is 12.0. The molecule has 1 aromatic heterocycles. The number of hydrogen-bond acceptors (Lipinski definition) is 4. The second-order valence-electron chi connectivity index (χ2n) is 5.12. The maximum Gasteiger partial charge on any atom is 0.311 e. The molecule has 2 N–H and O–H groups in total. The number of aromatic nitrogens is 1. The van der Waals surface area contributed by atoms with Crippen molar-refractivity contribution in [2.45, 2.75) is 39.5 Å². The summed E-state index contributed by atoms with van der Waals surface area (Å²) in [5.41, 5.74) is -0.0701. The molecule has 1 amide bonds. The highest BCUT2D eigenvalue weighted by molar-refractivity contribution is 7.13. The molecule has 1 heterocycles. The summed E-state index contributed by atoms with van der Waals surface area (Å²) in [4.78, 5) is 28.2. The number of carbonyl (C=O) groups excluding carboxylic acids is 1. The molecule has 0 saturated heterocycles. The van der Waals surface area contributed by atoms with E-state index in [1.165, 1.54) is 11.3 Å². The van der Waals surface area contributed by atoms with E-state index in [4.69, 9.17) is 0 Å². The Morgan fingerprint density at radius 3 is 2.47 bits per heavy atom. The molecule has 0 unspecified atom stereocenters. The van der Waals surface area contributed by atoms with E-state index in [1.54, 1.807) is 6.92 Å². The van der Waals surface area contributed by atoms with Crippen molar-refractivity contribution >= 4 is 23.2 Å². The maximum absolute atomic E-state index is 12.1. The fraction of sp³-hybridized carbons (Fsp3) is 0.615. The summed E-state index contributed by atoms with van der Waals surface area (Å²) in [5.74, 6) is -1.02. The fourth-order valence-electron chi connectivity index (χ4n) is 2.59. The van der Waals surface area contributed by atoms with Gasteiger partial charge >= 0.3 is 5.97 Å². The van der Waals surface area contributed by atoms with Crippen LogP contribution < -0.4 is 5.32 Å². The molecule has 1 aliphatic carbocycles. The number of hydrogen-bond donors (Lipinski definition) is 2. The van der Waals surface area contributed by atoms with Crippen LogP contribution in [-0.4, -0.2) is 28.5 Å². The lowest BCUT2D eigenvalue weighted by atomic mass is 9.86. The Bertz CT molecular complexity index is 504. The van der Waals surface area contributed by atoms with Crippen LogP contribution in [0.3, 0.4) is 0 Å². The zero-order chi connectivity index (χ0) is 14.0. The first-order valence-electron chi connectivity index (χ1n) is 6.40. The smallest absolute Gasteiger partial charge is 0.311 e. The molecule has 0 spiro atoms. The molecule has 104 valence electrons. The Morgan fingerprint density at radius 1 is 1.37 bits per heavy atom. The van der Waals surface area contributed by atoms with E-state index in [1.807, 2.05) is 6.92 Å². The molecule has 0 aliphatic heterocycles. The van der Waals surface area contributed by atoms with Gasteiger partial charge in [0.1, 0.15) is 4.88 Å². The SMILES string of the molecule is Cc1nc(C)c(C(=O)NCC2(C(=O)O)CCCC2)s1. The van der Waals surface area contributed by atoms with Gasteiger partial charge in [0.2, 0.25) is 0 Å². The first kappa shape index (κ1) is 14.0. The van der Waals surface area contributed by atoms with Gasteiger partial charge in [0.25, 0.3) is 5.91 Å². The van der Waals surface area contributed by atoms with Crippen molar-refractivity contribution < 1.29 is 14.7 Å². The summed E-state index contributed by atoms with van der Waals surface area (Å²) in [6.07, 6.45) is 3.12. The summed E-state index contributed by atoms with van der Waals surface area (Å²) in [6, 6.07) is 0. The summed E-state index contributed by atoms with van der Waals surface area (Å²) in [7, 11) is 0. The molecular formula is C13H18N2O3S. The molecule has 0 aromatic carbocycles. The molecule has 1 aromatic rings. The molecule has 5 nitrogen and oxygen atoms in total. The highest BCUT2D eigenvalue weighted by Gasteiger charge is 2.41. The van der Waals surface area contributed by atoms with Crippen molar-refractivity contribution in [1.82, 2.24) is 10.3 Å². The van der Waals surface area contributed by atoms with Crippen LogP contribution in [-0.2, 0) is 4.79 Å². The largest absolute Gasteiger partial charge is 0.481 e. The third-order valence-corrected chi connectivity index (χ3v) is 4.78. The topological polar surface area (TPSA) is 79.3 Å². The minimum absolute atomic E-state index is 0.206. The van der Waals surface area contributed by atoms with Gasteiger partial charge in [0.15, 0.2) is 0 Å². The number of carboxylic acid groups (broad SMARTS) is 1. The monoisotopic (exact) mass is 282 g/mol. The lowest BCUT2D eigenvalue weighted by Gasteiger charge is -2.23. The van der Waals surface area contributed by atoms with Gasteiger partial charge in [-0.05, 0) is 26.7 Å². The average Bonchev–Trinajstić information content (AvgIpc) is 2.94. The highest BCUT2D eigenvalue weighted by atomic mass is 32.1. The molecule has 0 radical (unpaired) electrons. The van der Waals surface area contributed by atoms with E-state index in [0.717, 1.165) is 17.8 Å². The molecule has 1 saturated carbocycles. The highest BCUT2D eigenvalue weighted by Crippen LogP contribution is 2.37. The third-order valence-electron chi connectivity index (χ3n) is 3.71. The van der Waals surface area contributed by atoms with E-state index in [0.29, 0.717) is 23.4 Å². The van der Waals surface area contributed by atoms with Gasteiger partial charge in [-0.3, -0.25) is 9.59 Å². The van der Waals surface area contributed by atoms with E-state index in [2.05, 4.69) is 10.3 Å². The summed E-state index contributed by atoms with van der Waals surface area (Å²) < 4.78 is 0. The molecule has 1 aliphatic rings. The van der Waals surface area contributed by atoms with Gasteiger partial charge in [-0.1, -0.05) is 12.8 Å². The first-order valence-corrected chi connectivity index (χ1v) is 7.22. The minimum Gasteiger partial charge on any atom is -0.481 e. The molecular weight excluding hydrogens is 264 g/mol. The summed E-state index contributed by atoms with van der Waals surface area (Å²) in [6.45, 7) is 3.85. The number of carboxylic acids is 1. The van der Waals surface area contributed by atoms with Crippen LogP contribution in [0.25, 0.3) is 0 Å². The van der Waals surface area contributed by atoms with Crippen molar-refractivity contribution in [3.8, 4) is 0 Å². The van der Waals surface area contributed by atoms with E-state index in [9.17, 15) is 14.7 Å². The fourth-order valence-corrected chi connectivity index (χ4v) is 3.43. The van der Waals surface area contributed by atoms with Gasteiger partial charge in [0.05, 0.1) is 16.1 Å². The lowest BCUT2D eigenvalue weighted by Crippen LogP contribution is -2.41. The Morgan fingerprint density at radius 2 is 2.00 bits per heavy atom. The van der Waals surface area contributed by atoms with Crippen LogP contribution in [0.1, 0.15) is 46.1 Å². The van der Waals surface area contributed by atoms with Crippen molar-refractivity contribution in [3.05, 3.63) is 15.6 Å². The van der Waals surface area contributed by atoms with E-state index in [-0.39, 0.29) is 12.5 Å². The van der Waals surface area contributed by atoms with Crippen molar-refractivity contribution in [2.24, 2.45) is 5.41 Å². The number of amides is 1. The van der Waals surface area contributed by atoms with Crippen molar-refractivity contribution in [3.63, 3.8) is 0 Å². The predicted molar refractivity (Wildman–Crippen MR) is 72.5 cm³/mol. The van der Waals surface area contributed by atoms with Gasteiger partial charge in [-0.15, -0.1) is 11.3 Å². The Labute approximate surface area is 116 Å². The van der Waals surface area contributed by atoms with Crippen LogP contribution in [0.4, 0.5) is 0 Å². The molecule has 0 atom stereocenters. The molecule has 0 bridgehead atoms. The molecule has 6 heteroatoms. The van der Waals surface area contributed by atoms with Crippen LogP contribution in [0.2, 0.25) is 0 Å². The summed E-state index contributed by atoms with van der Waals surface area (Å²) in [5, 5.41) is 13.0. The minimum atomic E-state index is -0.803. The van der Waals surface area contributed by atoms with Crippen LogP contribution in [0, 0.1) is 19.3 Å². The van der Waals surface area contributed by atoms with Crippen LogP contribution in [0.5, 0.6) is 0 Å². The number of nitrogens with one attached hydrogen (secondary N) is 1. The summed E-state index contributed by atoms with van der Waals surface area (Å²) >= 11 is 1.34. The van der Waals surface area contributed by atoms with Crippen LogP contribution in [0.15, 0.2) is 0 Å². The zero-order valence-electron chi connectivity index (χ0n) is 11.2. The number of nitrogens with zero attached hydrogens (tertiary/aromatic N) is 1. The molecule has 19 heavy (non-hydrogen) atoms. The predicted octanol–water partition coefficient (Wildman–Crippen LogP) is 2.13. The second kappa shape index (κ2) is 5.28. The van der Waals surface area contributed by atoms with Crippen molar-refractivity contribution in [2.75, 3.05) is 6.54 Å². The van der Waals surface area contributed by atoms with Gasteiger partial charge in [-0.2, -0.15) is 0 Å². The Hall–Kier alpha value is -1.43. The maximum atomic E-state index is 12.1. The van der Waals surface area contributed by atoms with E-state index >= 15 is 0 Å². The number of aryl methyl sites for hydroxylation is 2. The van der Waals surface area contributed by atoms with E-state index < -0.39 is 11.4 Å². The third kappa shape index (κ3) is 2.78. The number of aliphatic carboxylic acids is 1. The van der Waals surface area contributed by atoms with Gasteiger partial charge in [-0.25, -0.2) is 4.98 Å². The standard InChI is InChI=1S/C13H18N2O3S/c1-8-10(19-9(2)15-8)11(16)14-7-13(12(17)18)5-3-4-6-13/h3-7H2,1-2H3,(H,14,16)(H,17,18).